The third kappa shape index (κ3) is 9.83. The second kappa shape index (κ2) is 5.47. The Hall–Kier alpha value is -0.170. The van der Waals surface area contributed by atoms with Crippen LogP contribution in [0.15, 0.2) is 0 Å². The van der Waals surface area contributed by atoms with Gasteiger partial charge in [-0.2, -0.15) is 8.42 Å². The fourth-order valence-electron chi connectivity index (χ4n) is 0.597. The van der Waals surface area contributed by atoms with Crippen molar-refractivity contribution in [3.05, 3.63) is 0 Å². The van der Waals surface area contributed by atoms with E-state index in [1.54, 1.807) is 6.92 Å². The van der Waals surface area contributed by atoms with E-state index in [-0.39, 0.29) is 25.4 Å². The molecular formula is C6H14O5S. The van der Waals surface area contributed by atoms with E-state index in [0.717, 1.165) is 0 Å². The molecule has 0 aromatic rings. The van der Waals surface area contributed by atoms with Gasteiger partial charge in [0.05, 0.1) is 18.5 Å². The molecule has 0 aromatic heterocycles. The van der Waals surface area contributed by atoms with Gasteiger partial charge in [-0.3, -0.25) is 4.55 Å². The van der Waals surface area contributed by atoms with Crippen LogP contribution in [-0.2, 0) is 14.9 Å². The van der Waals surface area contributed by atoms with Crippen LogP contribution in [0.2, 0.25) is 0 Å². The second-order valence-electron chi connectivity index (χ2n) is 2.56. The van der Waals surface area contributed by atoms with Crippen molar-refractivity contribution >= 4 is 10.1 Å². The van der Waals surface area contributed by atoms with Gasteiger partial charge < -0.3 is 9.84 Å². The largest absolute Gasteiger partial charge is 0.391 e. The van der Waals surface area contributed by atoms with Crippen LogP contribution in [0.3, 0.4) is 0 Å². The Labute approximate surface area is 72.1 Å². The summed E-state index contributed by atoms with van der Waals surface area (Å²) in [5, 5.41) is 8.72. The van der Waals surface area contributed by atoms with Crippen LogP contribution in [0, 0.1) is 0 Å². The zero-order chi connectivity index (χ0) is 9.61. The monoisotopic (exact) mass is 198 g/mol. The quantitative estimate of drug-likeness (QED) is 0.450. The summed E-state index contributed by atoms with van der Waals surface area (Å²) < 4.78 is 33.5. The Morgan fingerprint density at radius 2 is 2.08 bits per heavy atom. The Morgan fingerprint density at radius 1 is 1.50 bits per heavy atom. The molecule has 0 heterocycles. The summed E-state index contributed by atoms with van der Waals surface area (Å²) >= 11 is 0. The molecule has 5 nitrogen and oxygen atoms in total. The maximum absolute atomic E-state index is 10.2. The molecule has 0 amide bonds. The minimum atomic E-state index is -3.87. The molecule has 0 saturated heterocycles. The summed E-state index contributed by atoms with van der Waals surface area (Å²) in [4.78, 5) is 0. The van der Waals surface area contributed by atoms with Crippen LogP contribution >= 0.6 is 0 Å². The average molecular weight is 198 g/mol. The fourth-order valence-corrected chi connectivity index (χ4v) is 1.08. The molecule has 0 bridgehead atoms. The van der Waals surface area contributed by atoms with Gasteiger partial charge in [0.1, 0.15) is 0 Å². The number of hydrogen-bond donors (Lipinski definition) is 2. The lowest BCUT2D eigenvalue weighted by Crippen LogP contribution is -2.13. The van der Waals surface area contributed by atoms with Crippen LogP contribution in [0.25, 0.3) is 0 Å². The predicted octanol–water partition coefficient (Wildman–Crippen LogP) is -0.338. The van der Waals surface area contributed by atoms with Gasteiger partial charge in [0.25, 0.3) is 10.1 Å². The van der Waals surface area contributed by atoms with Gasteiger partial charge >= 0.3 is 0 Å². The molecular weight excluding hydrogens is 184 g/mol. The van der Waals surface area contributed by atoms with E-state index in [9.17, 15) is 8.42 Å². The molecule has 1 atom stereocenters. The molecule has 0 aromatic carbocycles. The molecule has 0 aliphatic rings. The first-order valence-electron chi connectivity index (χ1n) is 3.63. The topological polar surface area (TPSA) is 83.8 Å². The molecule has 0 fully saturated rings. The number of aliphatic hydroxyl groups is 1. The lowest BCUT2D eigenvalue weighted by Gasteiger charge is -2.04. The first kappa shape index (κ1) is 11.8. The van der Waals surface area contributed by atoms with Crippen LogP contribution in [0.1, 0.15) is 13.3 Å². The summed E-state index contributed by atoms with van der Waals surface area (Å²) in [5.74, 6) is -0.299. The number of ether oxygens (including phenoxy) is 1. The third-order valence-corrected chi connectivity index (χ3v) is 1.85. The Bertz CT molecular complexity index is 196. The highest BCUT2D eigenvalue weighted by atomic mass is 32.2. The van der Waals surface area contributed by atoms with E-state index >= 15 is 0 Å². The normalized spacial score (nSPS) is 14.6. The minimum Gasteiger partial charge on any atom is -0.391 e. The smallest absolute Gasteiger partial charge is 0.264 e. The van der Waals surface area contributed by atoms with Crippen LogP contribution in [-0.4, -0.2) is 43.1 Å². The van der Waals surface area contributed by atoms with E-state index in [0.29, 0.717) is 0 Å². The van der Waals surface area contributed by atoms with E-state index in [1.807, 2.05) is 0 Å². The highest BCUT2D eigenvalue weighted by molar-refractivity contribution is 7.85. The highest BCUT2D eigenvalue weighted by Gasteiger charge is 2.03. The van der Waals surface area contributed by atoms with E-state index in [2.05, 4.69) is 0 Å². The lowest BCUT2D eigenvalue weighted by atomic mass is 10.4. The highest BCUT2D eigenvalue weighted by Crippen LogP contribution is 1.90. The van der Waals surface area contributed by atoms with Gasteiger partial charge in [-0.25, -0.2) is 0 Å². The molecule has 74 valence electrons. The Morgan fingerprint density at radius 3 is 2.50 bits per heavy atom. The number of aliphatic hydroxyl groups excluding tert-OH is 1. The average Bonchev–Trinajstić information content (AvgIpc) is 1.83. The van der Waals surface area contributed by atoms with Crippen molar-refractivity contribution in [2.45, 2.75) is 19.4 Å². The molecule has 1 unspecified atom stereocenters. The van der Waals surface area contributed by atoms with Crippen molar-refractivity contribution < 1.29 is 22.8 Å². The van der Waals surface area contributed by atoms with Crippen molar-refractivity contribution in [2.24, 2.45) is 0 Å². The summed E-state index contributed by atoms with van der Waals surface area (Å²) in [6.07, 6.45) is -0.304. The molecule has 0 aliphatic carbocycles. The molecule has 0 saturated carbocycles. The van der Waals surface area contributed by atoms with Gasteiger partial charge in [0.15, 0.2) is 0 Å². The van der Waals surface area contributed by atoms with Crippen molar-refractivity contribution in [1.82, 2.24) is 0 Å². The zero-order valence-electron chi connectivity index (χ0n) is 6.93. The van der Waals surface area contributed by atoms with Gasteiger partial charge in [-0.05, 0) is 13.3 Å². The summed E-state index contributed by atoms with van der Waals surface area (Å²) in [5.41, 5.74) is 0. The summed E-state index contributed by atoms with van der Waals surface area (Å²) in [7, 11) is -3.87. The van der Waals surface area contributed by atoms with Crippen molar-refractivity contribution in [2.75, 3.05) is 19.0 Å². The molecule has 0 aliphatic heterocycles. The molecule has 0 radical (unpaired) electrons. The second-order valence-corrected chi connectivity index (χ2v) is 4.14. The van der Waals surface area contributed by atoms with Gasteiger partial charge in [0, 0.05) is 6.61 Å². The maximum atomic E-state index is 10.2. The molecule has 0 spiro atoms. The standard InChI is InChI=1S/C6H14O5S/c1-6(7)5-11-3-2-4-12(8,9)10/h6-7H,2-5H2,1H3,(H,8,9,10). The predicted molar refractivity (Wildman–Crippen MR) is 43.5 cm³/mol. The van der Waals surface area contributed by atoms with E-state index in [4.69, 9.17) is 14.4 Å². The molecule has 0 rings (SSSR count). The first-order valence-corrected chi connectivity index (χ1v) is 5.23. The van der Waals surface area contributed by atoms with Crippen molar-refractivity contribution in [3.63, 3.8) is 0 Å². The Balaban J connectivity index is 3.23. The molecule has 12 heavy (non-hydrogen) atoms. The van der Waals surface area contributed by atoms with Crippen LogP contribution in [0.5, 0.6) is 0 Å². The maximum Gasteiger partial charge on any atom is 0.264 e. The van der Waals surface area contributed by atoms with Gasteiger partial charge in [-0.15, -0.1) is 0 Å². The van der Waals surface area contributed by atoms with Crippen LogP contribution in [0.4, 0.5) is 0 Å². The lowest BCUT2D eigenvalue weighted by molar-refractivity contribution is 0.0467. The number of rotatable bonds is 6. The summed E-state index contributed by atoms with van der Waals surface area (Å²) in [6, 6.07) is 0. The SMILES string of the molecule is CC(O)COCCCS(=O)(=O)O. The van der Waals surface area contributed by atoms with Crippen LogP contribution < -0.4 is 0 Å². The van der Waals surface area contributed by atoms with Gasteiger partial charge in [0.2, 0.25) is 0 Å². The van der Waals surface area contributed by atoms with E-state index < -0.39 is 16.2 Å². The first-order chi connectivity index (χ1) is 5.42. The summed E-state index contributed by atoms with van der Waals surface area (Å²) in [6.45, 7) is 1.99. The zero-order valence-corrected chi connectivity index (χ0v) is 7.75. The van der Waals surface area contributed by atoms with Crippen molar-refractivity contribution in [1.29, 1.82) is 0 Å². The fraction of sp³-hybridized carbons (Fsp3) is 1.00. The Kier molecular flexibility index (Phi) is 5.39. The minimum absolute atomic E-state index is 0.186. The number of hydrogen-bond acceptors (Lipinski definition) is 4. The van der Waals surface area contributed by atoms with Crippen molar-refractivity contribution in [3.8, 4) is 0 Å². The van der Waals surface area contributed by atoms with Gasteiger partial charge in [-0.1, -0.05) is 0 Å². The molecule has 2 N–H and O–H groups in total. The molecule has 6 heteroatoms. The third-order valence-electron chi connectivity index (χ3n) is 1.05. The van der Waals surface area contributed by atoms with E-state index in [1.165, 1.54) is 0 Å².